The molecule has 3 rings (SSSR count). The molecule has 0 unspecified atom stereocenters. The number of nitrogens with zero attached hydrogens (tertiary/aromatic N) is 3. The highest BCUT2D eigenvalue weighted by Gasteiger charge is 2.25. The lowest BCUT2D eigenvalue weighted by atomic mass is 10.2. The van der Waals surface area contributed by atoms with E-state index in [4.69, 9.17) is 11.6 Å². The second-order valence-corrected chi connectivity index (χ2v) is 4.91. The maximum atomic E-state index is 5.88. The van der Waals surface area contributed by atoms with Gasteiger partial charge in [-0.3, -0.25) is 0 Å². The van der Waals surface area contributed by atoms with Crippen LogP contribution in [-0.2, 0) is 0 Å². The average molecular weight is 260 g/mol. The number of rotatable bonds is 4. The largest absolute Gasteiger partial charge is 0.326 e. The van der Waals surface area contributed by atoms with Crippen LogP contribution in [0.2, 0.25) is 5.28 Å². The fraction of sp³-hybridized carbons (Fsp3) is 0.286. The molecule has 0 radical (unpaired) electrons. The van der Waals surface area contributed by atoms with Crippen LogP contribution >= 0.6 is 11.6 Å². The first-order valence-corrected chi connectivity index (χ1v) is 6.52. The standard InChI is InChI=1S/C14H14ClN3/c15-14-16-9-8-13(17-14)18(10-11-6-7-11)12-4-2-1-3-5-12/h1-5,8-9,11H,6-7,10H2. The van der Waals surface area contributed by atoms with Gasteiger partial charge in [0.2, 0.25) is 5.28 Å². The van der Waals surface area contributed by atoms with E-state index in [1.807, 2.05) is 24.3 Å². The van der Waals surface area contributed by atoms with Gasteiger partial charge in [0.25, 0.3) is 0 Å². The molecule has 0 amide bonds. The summed E-state index contributed by atoms with van der Waals surface area (Å²) in [6.45, 7) is 0.997. The summed E-state index contributed by atoms with van der Waals surface area (Å²) in [4.78, 5) is 10.5. The van der Waals surface area contributed by atoms with Gasteiger partial charge in [-0.1, -0.05) is 18.2 Å². The average Bonchev–Trinajstić information content (AvgIpc) is 3.21. The van der Waals surface area contributed by atoms with Crippen LogP contribution in [0.15, 0.2) is 42.6 Å². The predicted octanol–water partition coefficient (Wildman–Crippen LogP) is 3.68. The number of halogens is 1. The Morgan fingerprint density at radius 1 is 1.17 bits per heavy atom. The molecule has 0 saturated heterocycles. The van der Waals surface area contributed by atoms with Gasteiger partial charge in [-0.25, -0.2) is 9.97 Å². The Kier molecular flexibility index (Phi) is 3.15. The molecule has 1 aromatic heterocycles. The molecule has 1 fully saturated rings. The lowest BCUT2D eigenvalue weighted by Gasteiger charge is -2.23. The normalized spacial score (nSPS) is 14.5. The second-order valence-electron chi connectivity index (χ2n) is 4.57. The van der Waals surface area contributed by atoms with Gasteiger partial charge in [0, 0.05) is 18.4 Å². The van der Waals surface area contributed by atoms with Crippen molar-refractivity contribution in [2.45, 2.75) is 12.8 Å². The fourth-order valence-electron chi connectivity index (χ4n) is 1.97. The van der Waals surface area contributed by atoms with Crippen LogP contribution < -0.4 is 4.90 Å². The van der Waals surface area contributed by atoms with E-state index < -0.39 is 0 Å². The molecule has 1 saturated carbocycles. The number of anilines is 2. The van der Waals surface area contributed by atoms with Crippen molar-refractivity contribution in [2.24, 2.45) is 5.92 Å². The summed E-state index contributed by atoms with van der Waals surface area (Å²) < 4.78 is 0. The van der Waals surface area contributed by atoms with Crippen LogP contribution in [0.25, 0.3) is 0 Å². The van der Waals surface area contributed by atoms with Crippen molar-refractivity contribution >= 4 is 23.1 Å². The molecular formula is C14H14ClN3. The van der Waals surface area contributed by atoms with Crippen molar-refractivity contribution in [2.75, 3.05) is 11.4 Å². The lowest BCUT2D eigenvalue weighted by molar-refractivity contribution is 0.802. The molecule has 1 aliphatic carbocycles. The van der Waals surface area contributed by atoms with Gasteiger partial charge >= 0.3 is 0 Å². The van der Waals surface area contributed by atoms with Crippen molar-refractivity contribution < 1.29 is 0 Å². The molecule has 0 N–H and O–H groups in total. The van der Waals surface area contributed by atoms with Crippen molar-refractivity contribution in [3.8, 4) is 0 Å². The number of benzene rings is 1. The first-order valence-electron chi connectivity index (χ1n) is 6.14. The van der Waals surface area contributed by atoms with Crippen molar-refractivity contribution in [1.82, 2.24) is 9.97 Å². The highest BCUT2D eigenvalue weighted by Crippen LogP contribution is 2.34. The van der Waals surface area contributed by atoms with E-state index in [1.54, 1.807) is 6.20 Å². The molecule has 1 aliphatic rings. The van der Waals surface area contributed by atoms with Gasteiger partial charge in [-0.2, -0.15) is 0 Å². The van der Waals surface area contributed by atoms with Crippen LogP contribution in [0.5, 0.6) is 0 Å². The van der Waals surface area contributed by atoms with Crippen LogP contribution in [0.1, 0.15) is 12.8 Å². The Morgan fingerprint density at radius 2 is 1.94 bits per heavy atom. The zero-order valence-electron chi connectivity index (χ0n) is 9.96. The third-order valence-electron chi connectivity index (χ3n) is 3.09. The van der Waals surface area contributed by atoms with E-state index in [2.05, 4.69) is 27.0 Å². The maximum absolute atomic E-state index is 5.88. The number of para-hydroxylation sites is 1. The summed E-state index contributed by atoms with van der Waals surface area (Å²) in [5.41, 5.74) is 1.15. The Morgan fingerprint density at radius 3 is 2.61 bits per heavy atom. The topological polar surface area (TPSA) is 29.0 Å². The van der Waals surface area contributed by atoms with Gasteiger partial charge < -0.3 is 4.90 Å². The molecule has 4 heteroatoms. The molecule has 0 aliphatic heterocycles. The zero-order valence-corrected chi connectivity index (χ0v) is 10.7. The summed E-state index contributed by atoms with van der Waals surface area (Å²) in [5, 5.41) is 0.296. The third kappa shape index (κ3) is 2.62. The SMILES string of the molecule is Clc1nccc(N(CC2CC2)c2ccccc2)n1. The summed E-state index contributed by atoms with van der Waals surface area (Å²) in [6.07, 6.45) is 4.32. The summed E-state index contributed by atoms with van der Waals surface area (Å²) in [5.74, 6) is 1.65. The molecule has 1 heterocycles. The van der Waals surface area contributed by atoms with E-state index in [0.29, 0.717) is 5.28 Å². The molecular weight excluding hydrogens is 246 g/mol. The van der Waals surface area contributed by atoms with Crippen LogP contribution in [0.3, 0.4) is 0 Å². The molecule has 1 aromatic carbocycles. The van der Waals surface area contributed by atoms with Crippen LogP contribution in [-0.4, -0.2) is 16.5 Å². The van der Waals surface area contributed by atoms with E-state index in [9.17, 15) is 0 Å². The monoisotopic (exact) mass is 259 g/mol. The fourth-order valence-corrected chi connectivity index (χ4v) is 2.12. The van der Waals surface area contributed by atoms with E-state index >= 15 is 0 Å². The van der Waals surface area contributed by atoms with E-state index in [1.165, 1.54) is 12.8 Å². The van der Waals surface area contributed by atoms with Crippen molar-refractivity contribution in [1.29, 1.82) is 0 Å². The molecule has 0 spiro atoms. The van der Waals surface area contributed by atoms with E-state index in [-0.39, 0.29) is 0 Å². The molecule has 3 nitrogen and oxygen atoms in total. The van der Waals surface area contributed by atoms with Crippen molar-refractivity contribution in [3.05, 3.63) is 47.9 Å². The Bertz CT molecular complexity index is 526. The van der Waals surface area contributed by atoms with Crippen LogP contribution in [0, 0.1) is 5.92 Å². The molecule has 18 heavy (non-hydrogen) atoms. The molecule has 2 aromatic rings. The van der Waals surface area contributed by atoms with Gasteiger partial charge in [-0.05, 0) is 48.6 Å². The third-order valence-corrected chi connectivity index (χ3v) is 3.28. The molecule has 0 bridgehead atoms. The molecule has 0 atom stereocenters. The zero-order chi connectivity index (χ0) is 12.4. The molecule has 92 valence electrons. The highest BCUT2D eigenvalue weighted by molar-refractivity contribution is 6.28. The second kappa shape index (κ2) is 4.94. The van der Waals surface area contributed by atoms with Crippen LogP contribution in [0.4, 0.5) is 11.5 Å². The van der Waals surface area contributed by atoms with Gasteiger partial charge in [0.15, 0.2) is 0 Å². The maximum Gasteiger partial charge on any atom is 0.224 e. The van der Waals surface area contributed by atoms with Crippen molar-refractivity contribution in [3.63, 3.8) is 0 Å². The Balaban J connectivity index is 1.94. The summed E-state index contributed by atoms with van der Waals surface area (Å²) >= 11 is 5.88. The summed E-state index contributed by atoms with van der Waals surface area (Å²) in [7, 11) is 0. The minimum atomic E-state index is 0.296. The summed E-state index contributed by atoms with van der Waals surface area (Å²) in [6, 6.07) is 12.2. The van der Waals surface area contributed by atoms with E-state index in [0.717, 1.165) is 24.0 Å². The number of aromatic nitrogens is 2. The highest BCUT2D eigenvalue weighted by atomic mass is 35.5. The Hall–Kier alpha value is -1.61. The van der Waals surface area contributed by atoms with Gasteiger partial charge in [0.1, 0.15) is 5.82 Å². The van der Waals surface area contributed by atoms with Gasteiger partial charge in [0.05, 0.1) is 0 Å². The smallest absolute Gasteiger partial charge is 0.224 e. The quantitative estimate of drug-likeness (QED) is 0.785. The predicted molar refractivity (Wildman–Crippen MR) is 73.2 cm³/mol. The van der Waals surface area contributed by atoms with Gasteiger partial charge in [-0.15, -0.1) is 0 Å². The Labute approximate surface area is 111 Å². The first kappa shape index (κ1) is 11.5. The number of hydrogen-bond donors (Lipinski definition) is 0. The first-order chi connectivity index (χ1) is 8.83. The minimum Gasteiger partial charge on any atom is -0.326 e. The number of hydrogen-bond acceptors (Lipinski definition) is 3. The lowest BCUT2D eigenvalue weighted by Crippen LogP contribution is -2.21. The minimum absolute atomic E-state index is 0.296.